The molecule has 3 heteroatoms. The molecule has 100 valence electrons. The zero-order chi connectivity index (χ0) is 13.4. The Labute approximate surface area is 110 Å². The van der Waals surface area contributed by atoms with Crippen molar-refractivity contribution >= 4 is 5.91 Å². The Kier molecular flexibility index (Phi) is 6.44. The van der Waals surface area contributed by atoms with Gasteiger partial charge < -0.3 is 10.6 Å². The summed E-state index contributed by atoms with van der Waals surface area (Å²) < 4.78 is 0. The predicted octanol–water partition coefficient (Wildman–Crippen LogP) is 2.47. The zero-order valence-electron chi connectivity index (χ0n) is 11.5. The van der Waals surface area contributed by atoms with Crippen LogP contribution in [0.3, 0.4) is 0 Å². The first-order valence-corrected chi connectivity index (χ1v) is 6.70. The number of hydrogen-bond acceptors (Lipinski definition) is 2. The van der Waals surface area contributed by atoms with Crippen molar-refractivity contribution < 1.29 is 4.79 Å². The summed E-state index contributed by atoms with van der Waals surface area (Å²) >= 11 is 0. The first-order chi connectivity index (χ1) is 8.67. The van der Waals surface area contributed by atoms with E-state index < -0.39 is 0 Å². The van der Waals surface area contributed by atoms with Crippen molar-refractivity contribution in [3.05, 3.63) is 35.4 Å². The summed E-state index contributed by atoms with van der Waals surface area (Å²) in [6.07, 6.45) is 2.42. The lowest BCUT2D eigenvalue weighted by molar-refractivity contribution is -0.131. The summed E-state index contributed by atoms with van der Waals surface area (Å²) in [5.74, 6) is 0.229. The molecule has 0 atom stereocenters. The van der Waals surface area contributed by atoms with Gasteiger partial charge in [0.05, 0.1) is 0 Å². The normalized spacial score (nSPS) is 10.4. The Morgan fingerprint density at radius 1 is 1.33 bits per heavy atom. The van der Waals surface area contributed by atoms with Crippen molar-refractivity contribution in [2.75, 3.05) is 13.1 Å². The third-order valence-corrected chi connectivity index (χ3v) is 3.04. The number of carbonyl (C=O) groups excluding carboxylic acids is 1. The summed E-state index contributed by atoms with van der Waals surface area (Å²) in [5, 5.41) is 0. The Hall–Kier alpha value is -1.35. The van der Waals surface area contributed by atoms with E-state index in [0.29, 0.717) is 19.5 Å². The third kappa shape index (κ3) is 4.88. The molecule has 18 heavy (non-hydrogen) atoms. The molecular weight excluding hydrogens is 224 g/mol. The first-order valence-electron chi connectivity index (χ1n) is 6.70. The molecule has 0 saturated heterocycles. The van der Waals surface area contributed by atoms with Gasteiger partial charge in [-0.05, 0) is 38.8 Å². The van der Waals surface area contributed by atoms with E-state index in [-0.39, 0.29) is 5.91 Å². The van der Waals surface area contributed by atoms with E-state index >= 15 is 0 Å². The van der Waals surface area contributed by atoms with Gasteiger partial charge in [-0.3, -0.25) is 4.79 Å². The fourth-order valence-electron chi connectivity index (χ4n) is 1.99. The van der Waals surface area contributed by atoms with Crippen LogP contribution < -0.4 is 5.73 Å². The highest BCUT2D eigenvalue weighted by molar-refractivity contribution is 5.76. The second-order valence-electron chi connectivity index (χ2n) is 4.64. The van der Waals surface area contributed by atoms with Gasteiger partial charge in [0.2, 0.25) is 5.91 Å². The number of amides is 1. The molecule has 1 rings (SSSR count). The molecular formula is C15H24N2O. The first kappa shape index (κ1) is 14.7. The molecule has 0 aliphatic carbocycles. The minimum Gasteiger partial charge on any atom is -0.339 e. The van der Waals surface area contributed by atoms with E-state index in [1.807, 2.05) is 17.9 Å². The van der Waals surface area contributed by atoms with Crippen LogP contribution >= 0.6 is 0 Å². The van der Waals surface area contributed by atoms with Crippen LogP contribution in [0, 0.1) is 6.92 Å². The van der Waals surface area contributed by atoms with Crippen LogP contribution in [0.4, 0.5) is 0 Å². The fourth-order valence-corrected chi connectivity index (χ4v) is 1.99. The van der Waals surface area contributed by atoms with Crippen LogP contribution in [0.15, 0.2) is 24.3 Å². The summed E-state index contributed by atoms with van der Waals surface area (Å²) in [6, 6.07) is 8.32. The van der Waals surface area contributed by atoms with Crippen LogP contribution in [0.1, 0.15) is 37.3 Å². The smallest absolute Gasteiger partial charge is 0.222 e. The quantitative estimate of drug-likeness (QED) is 0.753. The molecule has 0 heterocycles. The lowest BCUT2D eigenvalue weighted by Crippen LogP contribution is -2.30. The van der Waals surface area contributed by atoms with Gasteiger partial charge in [-0.2, -0.15) is 0 Å². The van der Waals surface area contributed by atoms with E-state index in [0.717, 1.165) is 19.4 Å². The maximum Gasteiger partial charge on any atom is 0.222 e. The SMILES string of the molecule is CCN(Cc1cccc(C)c1)C(=O)CCCCN. The number of aryl methyl sites for hydroxylation is 1. The summed E-state index contributed by atoms with van der Waals surface area (Å²) in [7, 11) is 0. The number of unbranched alkanes of at least 4 members (excludes halogenated alkanes) is 1. The molecule has 0 aliphatic heterocycles. The average Bonchev–Trinajstić information content (AvgIpc) is 2.36. The summed E-state index contributed by atoms with van der Waals surface area (Å²) in [6.45, 7) is 6.23. The van der Waals surface area contributed by atoms with Gasteiger partial charge >= 0.3 is 0 Å². The van der Waals surface area contributed by atoms with Gasteiger partial charge in [-0.15, -0.1) is 0 Å². The van der Waals surface area contributed by atoms with E-state index in [4.69, 9.17) is 5.73 Å². The second kappa shape index (κ2) is 7.88. The van der Waals surface area contributed by atoms with E-state index in [1.54, 1.807) is 0 Å². The third-order valence-electron chi connectivity index (χ3n) is 3.04. The molecule has 0 saturated carbocycles. The van der Waals surface area contributed by atoms with E-state index in [2.05, 4.69) is 25.1 Å². The largest absolute Gasteiger partial charge is 0.339 e. The van der Waals surface area contributed by atoms with Crippen molar-refractivity contribution in [2.45, 2.75) is 39.7 Å². The highest BCUT2D eigenvalue weighted by atomic mass is 16.2. The van der Waals surface area contributed by atoms with Crippen molar-refractivity contribution in [1.82, 2.24) is 4.90 Å². The lowest BCUT2D eigenvalue weighted by atomic mass is 10.1. The van der Waals surface area contributed by atoms with Gasteiger partial charge in [0.15, 0.2) is 0 Å². The minimum atomic E-state index is 0.229. The van der Waals surface area contributed by atoms with Crippen molar-refractivity contribution in [3.63, 3.8) is 0 Å². The Morgan fingerprint density at radius 2 is 2.11 bits per heavy atom. The molecule has 0 bridgehead atoms. The van der Waals surface area contributed by atoms with Gasteiger partial charge in [0, 0.05) is 19.5 Å². The summed E-state index contributed by atoms with van der Waals surface area (Å²) in [4.78, 5) is 13.9. The molecule has 0 aliphatic rings. The topological polar surface area (TPSA) is 46.3 Å². The predicted molar refractivity (Wildman–Crippen MR) is 75.2 cm³/mol. The highest BCUT2D eigenvalue weighted by Gasteiger charge is 2.11. The molecule has 1 amide bonds. The van der Waals surface area contributed by atoms with Crippen molar-refractivity contribution in [1.29, 1.82) is 0 Å². The van der Waals surface area contributed by atoms with Gasteiger partial charge in [-0.1, -0.05) is 29.8 Å². The maximum atomic E-state index is 12.0. The van der Waals surface area contributed by atoms with Crippen molar-refractivity contribution in [2.24, 2.45) is 5.73 Å². The standard InChI is InChI=1S/C15H24N2O/c1-3-17(15(18)9-4-5-10-16)12-14-8-6-7-13(2)11-14/h6-8,11H,3-5,9-10,12,16H2,1-2H3. The molecule has 3 nitrogen and oxygen atoms in total. The van der Waals surface area contributed by atoms with Crippen LogP contribution in [0.2, 0.25) is 0 Å². The van der Waals surface area contributed by atoms with Crippen LogP contribution in [-0.4, -0.2) is 23.9 Å². The zero-order valence-corrected chi connectivity index (χ0v) is 11.5. The Bertz CT molecular complexity index is 377. The number of nitrogens with zero attached hydrogens (tertiary/aromatic N) is 1. The second-order valence-corrected chi connectivity index (χ2v) is 4.64. The molecule has 0 fully saturated rings. The average molecular weight is 248 g/mol. The van der Waals surface area contributed by atoms with Crippen LogP contribution in [0.5, 0.6) is 0 Å². The fraction of sp³-hybridized carbons (Fsp3) is 0.533. The van der Waals surface area contributed by atoms with Gasteiger partial charge in [-0.25, -0.2) is 0 Å². The molecule has 0 unspecified atom stereocenters. The van der Waals surface area contributed by atoms with Gasteiger partial charge in [0.1, 0.15) is 0 Å². The summed E-state index contributed by atoms with van der Waals surface area (Å²) in [5.41, 5.74) is 7.87. The Morgan fingerprint density at radius 3 is 2.72 bits per heavy atom. The lowest BCUT2D eigenvalue weighted by Gasteiger charge is -2.21. The minimum absolute atomic E-state index is 0.229. The van der Waals surface area contributed by atoms with Crippen LogP contribution in [-0.2, 0) is 11.3 Å². The molecule has 1 aromatic rings. The number of rotatable bonds is 7. The maximum absolute atomic E-state index is 12.0. The number of nitrogens with two attached hydrogens (primary N) is 1. The highest BCUT2D eigenvalue weighted by Crippen LogP contribution is 2.09. The van der Waals surface area contributed by atoms with E-state index in [1.165, 1.54) is 11.1 Å². The molecule has 1 aromatic carbocycles. The molecule has 2 N–H and O–H groups in total. The van der Waals surface area contributed by atoms with Crippen molar-refractivity contribution in [3.8, 4) is 0 Å². The molecule has 0 radical (unpaired) electrons. The Balaban J connectivity index is 2.53. The molecule has 0 spiro atoms. The van der Waals surface area contributed by atoms with E-state index in [9.17, 15) is 4.79 Å². The van der Waals surface area contributed by atoms with Gasteiger partial charge in [0.25, 0.3) is 0 Å². The van der Waals surface area contributed by atoms with Crippen LogP contribution in [0.25, 0.3) is 0 Å². The number of carbonyl (C=O) groups is 1. The molecule has 0 aromatic heterocycles. The number of hydrogen-bond donors (Lipinski definition) is 1. The number of benzene rings is 1. The monoisotopic (exact) mass is 248 g/mol.